The predicted octanol–water partition coefficient (Wildman–Crippen LogP) is 0.584. The zero-order valence-corrected chi connectivity index (χ0v) is 17.6. The van der Waals surface area contributed by atoms with E-state index in [2.05, 4.69) is 27.2 Å². The summed E-state index contributed by atoms with van der Waals surface area (Å²) in [5, 5.41) is 7.17. The van der Waals surface area contributed by atoms with E-state index >= 15 is 0 Å². The number of amides is 2. The van der Waals surface area contributed by atoms with Gasteiger partial charge < -0.3 is 15.0 Å². The quantitative estimate of drug-likeness (QED) is 0.731. The minimum absolute atomic E-state index is 0.106. The minimum Gasteiger partial charge on any atom is -0.379 e. The van der Waals surface area contributed by atoms with Gasteiger partial charge in [-0.1, -0.05) is 18.1 Å². The number of carbonyl (C=O) groups is 2. The van der Waals surface area contributed by atoms with Crippen molar-refractivity contribution >= 4 is 11.8 Å². The molecule has 0 bridgehead atoms. The molecule has 158 valence electrons. The van der Waals surface area contributed by atoms with Crippen molar-refractivity contribution in [3.05, 3.63) is 52.8 Å². The van der Waals surface area contributed by atoms with Crippen LogP contribution >= 0.6 is 0 Å². The lowest BCUT2D eigenvalue weighted by atomic mass is 10.1. The molecule has 3 rings (SSSR count). The van der Waals surface area contributed by atoms with Crippen LogP contribution in [0.15, 0.2) is 30.3 Å². The van der Waals surface area contributed by atoms with Crippen molar-refractivity contribution in [2.45, 2.75) is 0 Å². The van der Waals surface area contributed by atoms with Crippen molar-refractivity contribution in [1.29, 1.82) is 0 Å². The Morgan fingerprint density at radius 2 is 1.93 bits per heavy atom. The molecule has 8 nitrogen and oxygen atoms in total. The van der Waals surface area contributed by atoms with Gasteiger partial charge in [0.15, 0.2) is 5.69 Å². The van der Waals surface area contributed by atoms with Gasteiger partial charge in [0.05, 0.1) is 18.8 Å². The number of nitrogens with one attached hydrogen (secondary N) is 1. The van der Waals surface area contributed by atoms with Crippen LogP contribution in [0, 0.1) is 11.8 Å². The lowest BCUT2D eigenvalue weighted by Crippen LogP contribution is -2.41. The molecule has 1 aromatic heterocycles. The van der Waals surface area contributed by atoms with E-state index < -0.39 is 0 Å². The molecule has 1 N–H and O–H groups in total. The number of nitrogens with zero attached hydrogens (tertiary/aromatic N) is 4. The summed E-state index contributed by atoms with van der Waals surface area (Å²) < 4.78 is 6.89. The first-order valence-electron chi connectivity index (χ1n) is 9.90. The Hall–Kier alpha value is -3.15. The van der Waals surface area contributed by atoms with Gasteiger partial charge in [0.25, 0.3) is 11.8 Å². The zero-order chi connectivity index (χ0) is 21.5. The van der Waals surface area contributed by atoms with Gasteiger partial charge in [0, 0.05) is 59.0 Å². The summed E-state index contributed by atoms with van der Waals surface area (Å²) in [5.74, 6) is 5.73. The molecule has 8 heteroatoms. The number of benzene rings is 1. The monoisotopic (exact) mass is 409 g/mol. The molecular weight excluding hydrogens is 382 g/mol. The zero-order valence-electron chi connectivity index (χ0n) is 17.6. The Morgan fingerprint density at radius 3 is 2.67 bits per heavy atom. The van der Waals surface area contributed by atoms with Crippen LogP contribution in [-0.4, -0.2) is 84.9 Å². The second kappa shape index (κ2) is 10.1. The van der Waals surface area contributed by atoms with E-state index in [1.165, 1.54) is 4.90 Å². The van der Waals surface area contributed by atoms with E-state index in [0.29, 0.717) is 29.1 Å². The van der Waals surface area contributed by atoms with E-state index in [-0.39, 0.29) is 11.8 Å². The Balaban J connectivity index is 1.66. The van der Waals surface area contributed by atoms with Gasteiger partial charge in [-0.15, -0.1) is 0 Å². The van der Waals surface area contributed by atoms with Crippen LogP contribution in [0.3, 0.4) is 0 Å². The van der Waals surface area contributed by atoms with Crippen molar-refractivity contribution in [2.75, 3.05) is 53.5 Å². The normalized spacial score (nSPS) is 14.0. The van der Waals surface area contributed by atoms with Crippen LogP contribution in [-0.2, 0) is 11.8 Å². The van der Waals surface area contributed by atoms with Crippen molar-refractivity contribution in [2.24, 2.45) is 7.05 Å². The Kier molecular flexibility index (Phi) is 7.22. The fourth-order valence-electron chi connectivity index (χ4n) is 3.09. The molecule has 0 saturated carbocycles. The van der Waals surface area contributed by atoms with Crippen LogP contribution in [0.25, 0.3) is 0 Å². The number of carbonyl (C=O) groups excluding carboxylic acids is 2. The van der Waals surface area contributed by atoms with Crippen LogP contribution in [0.2, 0.25) is 0 Å². The summed E-state index contributed by atoms with van der Waals surface area (Å²) in [6.45, 7) is 4.58. The van der Waals surface area contributed by atoms with E-state index in [0.717, 1.165) is 32.8 Å². The lowest BCUT2D eigenvalue weighted by molar-refractivity contribution is 0.0383. The maximum absolute atomic E-state index is 12.4. The molecule has 0 aliphatic carbocycles. The molecule has 1 aliphatic rings. The molecule has 2 amide bonds. The van der Waals surface area contributed by atoms with Crippen LogP contribution < -0.4 is 5.32 Å². The molecule has 1 aliphatic heterocycles. The number of rotatable bonds is 5. The highest BCUT2D eigenvalue weighted by Gasteiger charge is 2.14. The number of aryl methyl sites for hydroxylation is 1. The largest absolute Gasteiger partial charge is 0.379 e. The van der Waals surface area contributed by atoms with Gasteiger partial charge >= 0.3 is 0 Å². The number of morpholine rings is 1. The molecule has 1 fully saturated rings. The first-order chi connectivity index (χ1) is 14.5. The predicted molar refractivity (Wildman–Crippen MR) is 113 cm³/mol. The van der Waals surface area contributed by atoms with E-state index in [1.54, 1.807) is 44.0 Å². The highest BCUT2D eigenvalue weighted by Crippen LogP contribution is 2.10. The van der Waals surface area contributed by atoms with E-state index in [4.69, 9.17) is 4.74 Å². The molecule has 0 spiro atoms. The summed E-state index contributed by atoms with van der Waals surface area (Å²) in [6.07, 6.45) is 0. The molecule has 1 saturated heterocycles. The topological polar surface area (TPSA) is 79.7 Å². The third-order valence-corrected chi connectivity index (χ3v) is 4.82. The summed E-state index contributed by atoms with van der Waals surface area (Å²) in [6, 6.07) is 8.87. The van der Waals surface area contributed by atoms with Gasteiger partial charge in [-0.2, -0.15) is 5.10 Å². The first kappa shape index (κ1) is 21.6. The summed E-state index contributed by atoms with van der Waals surface area (Å²) >= 11 is 0. The number of ether oxygens (including phenoxy) is 1. The van der Waals surface area contributed by atoms with Gasteiger partial charge in [-0.25, -0.2) is 0 Å². The standard InChI is InChI=1S/C22H27N5O3/c1-25(2)22(29)19-7-5-4-6-17(19)8-9-18-16-20(24-26(18)3)21(28)23-10-11-27-12-14-30-15-13-27/h4-7,16H,10-15H2,1-3H3,(H,23,28). The Morgan fingerprint density at radius 1 is 1.20 bits per heavy atom. The van der Waals surface area contributed by atoms with Crippen LogP contribution in [0.4, 0.5) is 0 Å². The molecular formula is C22H27N5O3. The van der Waals surface area contributed by atoms with Gasteiger partial charge in [0.2, 0.25) is 0 Å². The third-order valence-electron chi connectivity index (χ3n) is 4.82. The van der Waals surface area contributed by atoms with Gasteiger partial charge in [-0.3, -0.25) is 19.2 Å². The van der Waals surface area contributed by atoms with E-state index in [1.807, 2.05) is 12.1 Å². The first-order valence-corrected chi connectivity index (χ1v) is 9.90. The SMILES string of the molecule is CN(C)C(=O)c1ccccc1C#Cc1cc(C(=O)NCCN2CCOCC2)nn1C. The highest BCUT2D eigenvalue weighted by atomic mass is 16.5. The van der Waals surface area contributed by atoms with E-state index in [9.17, 15) is 9.59 Å². The van der Waals surface area contributed by atoms with Crippen LogP contribution in [0.5, 0.6) is 0 Å². The molecule has 2 aromatic rings. The number of hydrogen-bond donors (Lipinski definition) is 1. The highest BCUT2D eigenvalue weighted by molar-refractivity contribution is 5.96. The number of aromatic nitrogens is 2. The maximum Gasteiger partial charge on any atom is 0.271 e. The molecule has 0 atom stereocenters. The van der Waals surface area contributed by atoms with Crippen molar-refractivity contribution < 1.29 is 14.3 Å². The molecule has 2 heterocycles. The van der Waals surface area contributed by atoms with Crippen molar-refractivity contribution in [1.82, 2.24) is 24.9 Å². The fraction of sp³-hybridized carbons (Fsp3) is 0.409. The second-order valence-electron chi connectivity index (χ2n) is 7.24. The smallest absolute Gasteiger partial charge is 0.271 e. The maximum atomic E-state index is 12.4. The fourth-order valence-corrected chi connectivity index (χ4v) is 3.09. The Bertz CT molecular complexity index is 965. The Labute approximate surface area is 176 Å². The van der Waals surface area contributed by atoms with Crippen molar-refractivity contribution in [3.63, 3.8) is 0 Å². The summed E-state index contributed by atoms with van der Waals surface area (Å²) in [4.78, 5) is 28.5. The van der Waals surface area contributed by atoms with Gasteiger partial charge in [0.1, 0.15) is 5.69 Å². The number of hydrogen-bond acceptors (Lipinski definition) is 5. The van der Waals surface area contributed by atoms with Crippen LogP contribution in [0.1, 0.15) is 32.1 Å². The molecule has 0 unspecified atom stereocenters. The molecule has 0 radical (unpaired) electrons. The van der Waals surface area contributed by atoms with Crippen molar-refractivity contribution in [3.8, 4) is 11.8 Å². The minimum atomic E-state index is -0.227. The summed E-state index contributed by atoms with van der Waals surface area (Å²) in [5.41, 5.74) is 2.09. The summed E-state index contributed by atoms with van der Waals surface area (Å²) in [7, 11) is 5.15. The lowest BCUT2D eigenvalue weighted by Gasteiger charge is -2.26. The molecule has 30 heavy (non-hydrogen) atoms. The third kappa shape index (κ3) is 5.47. The second-order valence-corrected chi connectivity index (χ2v) is 7.24. The van der Waals surface area contributed by atoms with Gasteiger partial charge in [-0.05, 0) is 18.1 Å². The average Bonchev–Trinajstić information content (AvgIpc) is 3.13. The molecule has 1 aromatic carbocycles. The average molecular weight is 409 g/mol.